The van der Waals surface area contributed by atoms with Crippen LogP contribution in [-0.2, 0) is 9.53 Å². The van der Waals surface area contributed by atoms with Crippen LogP contribution in [0.15, 0.2) is 0 Å². The first-order valence-corrected chi connectivity index (χ1v) is 14.8. The van der Waals surface area contributed by atoms with E-state index in [9.17, 15) is 4.79 Å². The van der Waals surface area contributed by atoms with E-state index in [1.165, 1.54) is 128 Å². The molecule has 0 aromatic rings. The molecule has 0 rings (SSSR count). The summed E-state index contributed by atoms with van der Waals surface area (Å²) in [7, 11) is 0. The average molecular weight is 453 g/mol. The lowest BCUT2D eigenvalue weighted by Crippen LogP contribution is -2.19. The van der Waals surface area contributed by atoms with Crippen molar-refractivity contribution in [3.8, 4) is 0 Å². The van der Waals surface area contributed by atoms with Crippen molar-refractivity contribution in [2.75, 3.05) is 6.61 Å². The van der Waals surface area contributed by atoms with Crippen LogP contribution in [0.1, 0.15) is 169 Å². The summed E-state index contributed by atoms with van der Waals surface area (Å²) in [6, 6.07) is 0. The molecule has 0 bridgehead atoms. The monoisotopic (exact) mass is 452 g/mol. The van der Waals surface area contributed by atoms with Gasteiger partial charge in [0, 0.05) is 0 Å². The van der Waals surface area contributed by atoms with Gasteiger partial charge in [0.05, 0.1) is 12.5 Å². The summed E-state index contributed by atoms with van der Waals surface area (Å²) in [4.78, 5) is 12.4. The number of esters is 1. The summed E-state index contributed by atoms with van der Waals surface area (Å²) in [6.07, 6.45) is 29.0. The van der Waals surface area contributed by atoms with Gasteiger partial charge < -0.3 is 4.74 Å². The number of rotatable bonds is 25. The first-order chi connectivity index (χ1) is 15.7. The van der Waals surface area contributed by atoms with Crippen molar-refractivity contribution >= 4 is 5.97 Å². The molecule has 2 nitrogen and oxygen atoms in total. The highest BCUT2D eigenvalue weighted by molar-refractivity contribution is 5.71. The Morgan fingerprint density at radius 1 is 0.531 bits per heavy atom. The summed E-state index contributed by atoms with van der Waals surface area (Å²) in [5.41, 5.74) is 0. The van der Waals surface area contributed by atoms with Crippen LogP contribution in [-0.4, -0.2) is 12.6 Å². The van der Waals surface area contributed by atoms with Gasteiger partial charge in [0.15, 0.2) is 0 Å². The molecule has 192 valence electrons. The van der Waals surface area contributed by atoms with E-state index in [2.05, 4.69) is 20.8 Å². The Hall–Kier alpha value is -0.530. The fourth-order valence-corrected chi connectivity index (χ4v) is 4.61. The molecule has 0 N–H and O–H groups in total. The van der Waals surface area contributed by atoms with Crippen LogP contribution in [0, 0.1) is 11.8 Å². The third kappa shape index (κ3) is 21.3. The Labute approximate surface area is 203 Å². The van der Waals surface area contributed by atoms with Crippen LogP contribution in [0.3, 0.4) is 0 Å². The standard InChI is InChI=1S/C30H60O2/c1-5-8-11-13-15-16-18-20-23-26-29(25-22-19-17-14-12-9-6-2)27-32-30(31)28(4)24-21-10-7-3/h28-29H,5-27H2,1-4H3. The summed E-state index contributed by atoms with van der Waals surface area (Å²) >= 11 is 0. The van der Waals surface area contributed by atoms with E-state index in [4.69, 9.17) is 4.74 Å². The van der Waals surface area contributed by atoms with Crippen molar-refractivity contribution in [1.82, 2.24) is 0 Å². The van der Waals surface area contributed by atoms with Crippen molar-refractivity contribution in [2.45, 2.75) is 169 Å². The summed E-state index contributed by atoms with van der Waals surface area (Å²) in [6.45, 7) is 9.48. The van der Waals surface area contributed by atoms with E-state index in [1.54, 1.807) is 0 Å². The highest BCUT2D eigenvalue weighted by atomic mass is 16.5. The minimum absolute atomic E-state index is 0.0396. The molecule has 2 heteroatoms. The number of hydrogen-bond acceptors (Lipinski definition) is 2. The molecule has 0 amide bonds. The van der Waals surface area contributed by atoms with E-state index in [1.807, 2.05) is 6.92 Å². The molecule has 0 radical (unpaired) electrons. The van der Waals surface area contributed by atoms with Gasteiger partial charge in [-0.2, -0.15) is 0 Å². The molecule has 32 heavy (non-hydrogen) atoms. The lowest BCUT2D eigenvalue weighted by Gasteiger charge is -2.19. The first kappa shape index (κ1) is 31.5. The van der Waals surface area contributed by atoms with Gasteiger partial charge in [-0.15, -0.1) is 0 Å². The molecule has 2 atom stereocenters. The van der Waals surface area contributed by atoms with Gasteiger partial charge in [0.2, 0.25) is 0 Å². The van der Waals surface area contributed by atoms with Crippen LogP contribution in [0.2, 0.25) is 0 Å². The number of carbonyl (C=O) groups is 1. The van der Waals surface area contributed by atoms with Gasteiger partial charge in [-0.3, -0.25) is 4.79 Å². The smallest absolute Gasteiger partial charge is 0.308 e. The van der Waals surface area contributed by atoms with Gasteiger partial charge in [-0.25, -0.2) is 0 Å². The van der Waals surface area contributed by atoms with Crippen molar-refractivity contribution in [3.05, 3.63) is 0 Å². The quantitative estimate of drug-likeness (QED) is 0.102. The second-order valence-corrected chi connectivity index (χ2v) is 10.4. The highest BCUT2D eigenvalue weighted by Gasteiger charge is 2.17. The van der Waals surface area contributed by atoms with E-state index >= 15 is 0 Å². The third-order valence-electron chi connectivity index (χ3n) is 7.04. The number of hydrogen-bond donors (Lipinski definition) is 0. The highest BCUT2D eigenvalue weighted by Crippen LogP contribution is 2.21. The van der Waals surface area contributed by atoms with Gasteiger partial charge >= 0.3 is 5.97 Å². The summed E-state index contributed by atoms with van der Waals surface area (Å²) < 4.78 is 5.80. The molecule has 2 unspecified atom stereocenters. The molecule has 0 saturated carbocycles. The molecule has 0 aliphatic carbocycles. The number of carbonyl (C=O) groups excluding carboxylic acids is 1. The molecule has 0 spiro atoms. The Bertz CT molecular complexity index is 379. The zero-order valence-electron chi connectivity index (χ0n) is 22.7. The SMILES string of the molecule is CCCCCCCCCCCC(CCCCCCCCC)COC(=O)C(C)CCCCC. The van der Waals surface area contributed by atoms with Gasteiger partial charge in [-0.1, -0.05) is 150 Å². The second kappa shape index (κ2) is 25.1. The third-order valence-corrected chi connectivity index (χ3v) is 7.04. The summed E-state index contributed by atoms with van der Waals surface area (Å²) in [5.74, 6) is 0.674. The van der Waals surface area contributed by atoms with Crippen molar-refractivity contribution < 1.29 is 9.53 Å². The lowest BCUT2D eigenvalue weighted by molar-refractivity contribution is -0.149. The molecular weight excluding hydrogens is 392 g/mol. The predicted octanol–water partition coefficient (Wildman–Crippen LogP) is 10.4. The summed E-state index contributed by atoms with van der Waals surface area (Å²) in [5, 5.41) is 0. The van der Waals surface area contributed by atoms with Crippen molar-refractivity contribution in [3.63, 3.8) is 0 Å². The van der Waals surface area contributed by atoms with Crippen molar-refractivity contribution in [2.24, 2.45) is 11.8 Å². The minimum Gasteiger partial charge on any atom is -0.465 e. The van der Waals surface area contributed by atoms with Crippen LogP contribution in [0.25, 0.3) is 0 Å². The van der Waals surface area contributed by atoms with Crippen LogP contribution in [0.5, 0.6) is 0 Å². The van der Waals surface area contributed by atoms with Gasteiger partial charge in [-0.05, 0) is 25.2 Å². The number of unbranched alkanes of at least 4 members (excludes halogenated alkanes) is 16. The molecule has 0 fully saturated rings. The maximum Gasteiger partial charge on any atom is 0.308 e. The number of ether oxygens (including phenoxy) is 1. The Morgan fingerprint density at radius 3 is 1.31 bits per heavy atom. The fraction of sp³-hybridized carbons (Fsp3) is 0.967. The topological polar surface area (TPSA) is 26.3 Å². The van der Waals surface area contributed by atoms with E-state index in [-0.39, 0.29) is 11.9 Å². The predicted molar refractivity (Wildman–Crippen MR) is 142 cm³/mol. The Balaban J connectivity index is 4.11. The Morgan fingerprint density at radius 2 is 0.875 bits per heavy atom. The minimum atomic E-state index is 0.0396. The molecule has 0 aromatic carbocycles. The molecular formula is C30H60O2. The molecule has 0 saturated heterocycles. The molecule has 0 aliphatic heterocycles. The Kier molecular flexibility index (Phi) is 24.7. The maximum atomic E-state index is 12.4. The van der Waals surface area contributed by atoms with E-state index in [0.29, 0.717) is 12.5 Å². The largest absolute Gasteiger partial charge is 0.465 e. The second-order valence-electron chi connectivity index (χ2n) is 10.4. The lowest BCUT2D eigenvalue weighted by atomic mass is 9.94. The maximum absolute atomic E-state index is 12.4. The zero-order valence-corrected chi connectivity index (χ0v) is 22.7. The van der Waals surface area contributed by atoms with Crippen LogP contribution < -0.4 is 0 Å². The van der Waals surface area contributed by atoms with Crippen LogP contribution >= 0.6 is 0 Å². The zero-order chi connectivity index (χ0) is 23.7. The normalized spacial score (nSPS) is 13.2. The molecule has 0 heterocycles. The molecule has 0 aliphatic rings. The average Bonchev–Trinajstić information content (AvgIpc) is 2.80. The van der Waals surface area contributed by atoms with E-state index < -0.39 is 0 Å². The van der Waals surface area contributed by atoms with Gasteiger partial charge in [0.1, 0.15) is 0 Å². The molecule has 0 aromatic heterocycles. The van der Waals surface area contributed by atoms with Gasteiger partial charge in [0.25, 0.3) is 0 Å². The van der Waals surface area contributed by atoms with Crippen molar-refractivity contribution in [1.29, 1.82) is 0 Å². The van der Waals surface area contributed by atoms with Crippen LogP contribution in [0.4, 0.5) is 0 Å². The first-order valence-electron chi connectivity index (χ1n) is 14.8. The fourth-order valence-electron chi connectivity index (χ4n) is 4.61. The van der Waals surface area contributed by atoms with E-state index in [0.717, 1.165) is 12.8 Å².